The maximum absolute atomic E-state index is 11.9. The van der Waals surface area contributed by atoms with Crippen LogP contribution in [0.3, 0.4) is 0 Å². The fourth-order valence-electron chi connectivity index (χ4n) is 1.40. The third-order valence-electron chi connectivity index (χ3n) is 2.22. The first-order valence-corrected chi connectivity index (χ1v) is 6.67. The van der Waals surface area contributed by atoms with E-state index in [4.69, 9.17) is 4.74 Å². The van der Waals surface area contributed by atoms with Crippen LogP contribution in [-0.2, 0) is 4.74 Å². The zero-order chi connectivity index (χ0) is 10.5. The standard InChI is InChI=1S/C11H13NO2Se/c13-11(12-6-8-14-9-7-12)15-10-4-2-1-3-5-10/h1-5H,6-9H2. The van der Waals surface area contributed by atoms with Crippen LogP contribution in [-0.4, -0.2) is 51.0 Å². The number of carbonyl (C=O) groups is 1. The van der Waals surface area contributed by atoms with E-state index in [-0.39, 0.29) is 19.8 Å². The summed E-state index contributed by atoms with van der Waals surface area (Å²) in [5.41, 5.74) is 0. The molecule has 1 aliphatic heterocycles. The van der Waals surface area contributed by atoms with E-state index in [1.54, 1.807) is 0 Å². The van der Waals surface area contributed by atoms with Crippen molar-refractivity contribution < 1.29 is 9.53 Å². The van der Waals surface area contributed by atoms with Gasteiger partial charge < -0.3 is 0 Å². The van der Waals surface area contributed by atoms with E-state index in [0.717, 1.165) is 17.6 Å². The molecule has 1 aromatic rings. The van der Waals surface area contributed by atoms with Gasteiger partial charge in [-0.2, -0.15) is 0 Å². The van der Waals surface area contributed by atoms with Crippen molar-refractivity contribution in [3.8, 4) is 0 Å². The Labute approximate surface area is 95.6 Å². The second kappa shape index (κ2) is 5.31. The second-order valence-electron chi connectivity index (χ2n) is 3.28. The van der Waals surface area contributed by atoms with Crippen molar-refractivity contribution >= 4 is 24.2 Å². The third kappa shape index (κ3) is 3.06. The SMILES string of the molecule is O=C([Se]c1ccccc1)N1CCOCC1. The summed E-state index contributed by atoms with van der Waals surface area (Å²) >= 11 is -0.0847. The van der Waals surface area contributed by atoms with Crippen LogP contribution >= 0.6 is 0 Å². The fraction of sp³-hybridized carbons (Fsp3) is 0.364. The van der Waals surface area contributed by atoms with Crippen LogP contribution in [0.4, 0.5) is 4.79 Å². The molecule has 0 aromatic heterocycles. The molecule has 2 rings (SSSR count). The summed E-state index contributed by atoms with van der Waals surface area (Å²) in [5, 5.41) is 0. The molecule has 1 fully saturated rings. The Hall–Kier alpha value is -0.831. The molecule has 3 nitrogen and oxygen atoms in total. The molecule has 4 heteroatoms. The number of amides is 1. The number of morpholine rings is 1. The number of hydrogen-bond donors (Lipinski definition) is 0. The summed E-state index contributed by atoms with van der Waals surface area (Å²) in [6.45, 7) is 2.84. The van der Waals surface area contributed by atoms with Gasteiger partial charge in [-0.15, -0.1) is 0 Å². The van der Waals surface area contributed by atoms with Gasteiger partial charge in [0.15, 0.2) is 0 Å². The van der Waals surface area contributed by atoms with E-state index in [2.05, 4.69) is 0 Å². The third-order valence-corrected chi connectivity index (χ3v) is 4.19. The first kappa shape index (κ1) is 10.7. The summed E-state index contributed by atoms with van der Waals surface area (Å²) in [7, 11) is 0. The van der Waals surface area contributed by atoms with Gasteiger partial charge in [0, 0.05) is 0 Å². The summed E-state index contributed by atoms with van der Waals surface area (Å²) in [6.07, 6.45) is 0. The van der Waals surface area contributed by atoms with Gasteiger partial charge in [0.05, 0.1) is 0 Å². The topological polar surface area (TPSA) is 29.5 Å². The van der Waals surface area contributed by atoms with Crippen molar-refractivity contribution in [2.24, 2.45) is 0 Å². The van der Waals surface area contributed by atoms with Gasteiger partial charge in [0.25, 0.3) is 0 Å². The summed E-state index contributed by atoms with van der Waals surface area (Å²) in [6, 6.07) is 9.95. The predicted octanol–water partition coefficient (Wildman–Crippen LogP) is 0.468. The Kier molecular flexibility index (Phi) is 3.78. The van der Waals surface area contributed by atoms with E-state index < -0.39 is 0 Å². The molecule has 0 N–H and O–H groups in total. The molecule has 0 bridgehead atoms. The van der Waals surface area contributed by atoms with Gasteiger partial charge in [-0.3, -0.25) is 0 Å². The van der Waals surface area contributed by atoms with Gasteiger partial charge in [-0.25, -0.2) is 0 Å². The summed E-state index contributed by atoms with van der Waals surface area (Å²) in [5.74, 6) is 0. The van der Waals surface area contributed by atoms with Crippen molar-refractivity contribution in [2.45, 2.75) is 0 Å². The van der Waals surface area contributed by atoms with Crippen LogP contribution < -0.4 is 4.46 Å². The van der Waals surface area contributed by atoms with Crippen LogP contribution in [0.1, 0.15) is 0 Å². The van der Waals surface area contributed by atoms with Crippen molar-refractivity contribution in [1.29, 1.82) is 0 Å². The Balaban J connectivity index is 1.91. The van der Waals surface area contributed by atoms with E-state index in [1.165, 1.54) is 0 Å². The minimum absolute atomic E-state index is 0.0847. The van der Waals surface area contributed by atoms with E-state index in [1.807, 2.05) is 35.2 Å². The quantitative estimate of drug-likeness (QED) is 0.731. The molecule has 0 unspecified atom stereocenters. The predicted molar refractivity (Wildman–Crippen MR) is 59.6 cm³/mol. The molecule has 0 spiro atoms. The summed E-state index contributed by atoms with van der Waals surface area (Å²) < 4.78 is 6.35. The number of rotatable bonds is 2. The molecular formula is C11H13NO2Se. The molecule has 1 heterocycles. The van der Waals surface area contributed by atoms with Crippen molar-refractivity contribution in [2.75, 3.05) is 26.3 Å². The number of nitrogens with zero attached hydrogens (tertiary/aromatic N) is 1. The molecule has 80 valence electrons. The first-order chi connectivity index (χ1) is 7.36. The molecule has 1 amide bonds. The molecule has 0 aliphatic carbocycles. The van der Waals surface area contributed by atoms with Gasteiger partial charge in [0.1, 0.15) is 0 Å². The van der Waals surface area contributed by atoms with Gasteiger partial charge >= 0.3 is 95.3 Å². The maximum atomic E-state index is 11.9. The molecule has 1 saturated heterocycles. The molecule has 1 aromatic carbocycles. The van der Waals surface area contributed by atoms with Crippen molar-refractivity contribution in [3.05, 3.63) is 30.3 Å². The van der Waals surface area contributed by atoms with Crippen LogP contribution in [0.15, 0.2) is 30.3 Å². The molecule has 0 atom stereocenters. The summed E-state index contributed by atoms with van der Waals surface area (Å²) in [4.78, 5) is 14.0. The number of hydrogen-bond acceptors (Lipinski definition) is 2. The average molecular weight is 270 g/mol. The number of benzene rings is 1. The Morgan fingerprint density at radius 2 is 1.87 bits per heavy atom. The zero-order valence-electron chi connectivity index (χ0n) is 8.39. The van der Waals surface area contributed by atoms with Crippen LogP contribution in [0.2, 0.25) is 0 Å². The minimum atomic E-state index is -0.0847. The normalized spacial score (nSPS) is 16.4. The van der Waals surface area contributed by atoms with Crippen molar-refractivity contribution in [3.63, 3.8) is 0 Å². The Morgan fingerprint density at radius 1 is 1.20 bits per heavy atom. The zero-order valence-corrected chi connectivity index (χ0v) is 10.1. The van der Waals surface area contributed by atoms with Crippen molar-refractivity contribution in [1.82, 2.24) is 4.90 Å². The van der Waals surface area contributed by atoms with E-state index >= 15 is 0 Å². The van der Waals surface area contributed by atoms with Crippen LogP contribution in [0.5, 0.6) is 0 Å². The van der Waals surface area contributed by atoms with Crippen LogP contribution in [0, 0.1) is 0 Å². The Bertz CT molecular complexity index is 323. The van der Waals surface area contributed by atoms with E-state index in [9.17, 15) is 4.79 Å². The monoisotopic (exact) mass is 271 g/mol. The molecule has 15 heavy (non-hydrogen) atoms. The molecule has 1 aliphatic rings. The molecular weight excluding hydrogens is 257 g/mol. The van der Waals surface area contributed by atoms with E-state index in [0.29, 0.717) is 13.2 Å². The number of carbonyl (C=O) groups excluding carboxylic acids is 1. The molecule has 0 saturated carbocycles. The fourth-order valence-corrected chi connectivity index (χ4v) is 3.09. The second-order valence-corrected chi connectivity index (χ2v) is 5.43. The van der Waals surface area contributed by atoms with Gasteiger partial charge in [-0.1, -0.05) is 0 Å². The Morgan fingerprint density at radius 3 is 2.53 bits per heavy atom. The first-order valence-electron chi connectivity index (χ1n) is 4.96. The molecule has 0 radical (unpaired) electrons. The van der Waals surface area contributed by atoms with Gasteiger partial charge in [-0.05, 0) is 0 Å². The number of ether oxygens (including phenoxy) is 1. The average Bonchev–Trinajstić information content (AvgIpc) is 2.31. The van der Waals surface area contributed by atoms with Crippen LogP contribution in [0.25, 0.3) is 0 Å². The van der Waals surface area contributed by atoms with Gasteiger partial charge in [0.2, 0.25) is 0 Å².